The number of carbonyl (C=O) groups is 3. The Kier molecular flexibility index (Phi) is 6.59. The third-order valence-corrected chi connectivity index (χ3v) is 4.73. The normalized spacial score (nSPS) is 11.7. The lowest BCUT2D eigenvalue weighted by Gasteiger charge is -2.14. The molecule has 0 fully saturated rings. The number of fused-ring (bicyclic) bond motifs is 1. The molecule has 0 spiro atoms. The highest BCUT2D eigenvalue weighted by Gasteiger charge is 2.23. The SMILES string of the molecule is CCCC(=O)Nc1ccc(C(=O)[C@@H](C)OC(=O)c2nn(C)c(=O)c3ccccc23)cc1. The molecule has 0 saturated heterocycles. The van der Waals surface area contributed by atoms with Crippen molar-refractivity contribution in [3.8, 4) is 0 Å². The molecule has 0 aliphatic heterocycles. The van der Waals surface area contributed by atoms with Crippen molar-refractivity contribution in [2.45, 2.75) is 32.8 Å². The molecule has 0 bridgehead atoms. The Morgan fingerprint density at radius 3 is 2.35 bits per heavy atom. The molecule has 3 rings (SSSR count). The van der Waals surface area contributed by atoms with Gasteiger partial charge in [-0.25, -0.2) is 9.48 Å². The highest BCUT2D eigenvalue weighted by molar-refractivity contribution is 6.05. The first-order chi connectivity index (χ1) is 14.8. The Hall–Kier alpha value is -3.81. The number of ether oxygens (including phenoxy) is 1. The molecule has 8 nitrogen and oxygen atoms in total. The van der Waals surface area contributed by atoms with Crippen LogP contribution in [0.15, 0.2) is 53.3 Å². The van der Waals surface area contributed by atoms with E-state index in [0.717, 1.165) is 11.1 Å². The van der Waals surface area contributed by atoms with E-state index in [1.54, 1.807) is 48.5 Å². The molecule has 0 radical (unpaired) electrons. The highest BCUT2D eigenvalue weighted by atomic mass is 16.5. The van der Waals surface area contributed by atoms with Gasteiger partial charge in [0.1, 0.15) is 0 Å². The van der Waals surface area contributed by atoms with E-state index in [1.165, 1.54) is 14.0 Å². The minimum atomic E-state index is -1.06. The third kappa shape index (κ3) is 4.85. The summed E-state index contributed by atoms with van der Waals surface area (Å²) in [6.45, 7) is 3.39. The van der Waals surface area contributed by atoms with Crippen molar-refractivity contribution in [2.75, 3.05) is 5.32 Å². The topological polar surface area (TPSA) is 107 Å². The van der Waals surface area contributed by atoms with Crippen molar-refractivity contribution in [3.05, 3.63) is 70.1 Å². The maximum Gasteiger partial charge on any atom is 0.360 e. The zero-order valence-electron chi connectivity index (χ0n) is 17.5. The molecular weight excluding hydrogens is 398 g/mol. The Morgan fingerprint density at radius 1 is 1.06 bits per heavy atom. The number of aromatic nitrogens is 2. The molecule has 1 N–H and O–H groups in total. The molecule has 160 valence electrons. The Balaban J connectivity index is 1.75. The number of nitrogens with one attached hydrogen (secondary N) is 1. The first-order valence-corrected chi connectivity index (χ1v) is 9.93. The molecule has 1 aromatic heterocycles. The van der Waals surface area contributed by atoms with Crippen molar-refractivity contribution in [1.29, 1.82) is 0 Å². The van der Waals surface area contributed by atoms with Gasteiger partial charge in [-0.1, -0.05) is 25.1 Å². The lowest BCUT2D eigenvalue weighted by Crippen LogP contribution is -2.28. The molecule has 0 aliphatic rings. The number of anilines is 1. The van der Waals surface area contributed by atoms with Gasteiger partial charge in [-0.15, -0.1) is 0 Å². The minimum absolute atomic E-state index is 0.0358. The van der Waals surface area contributed by atoms with Crippen molar-refractivity contribution in [1.82, 2.24) is 9.78 Å². The van der Waals surface area contributed by atoms with Crippen LogP contribution in [-0.4, -0.2) is 33.5 Å². The predicted molar refractivity (Wildman–Crippen MR) is 116 cm³/mol. The second kappa shape index (κ2) is 9.34. The van der Waals surface area contributed by atoms with Crippen LogP contribution in [0.5, 0.6) is 0 Å². The van der Waals surface area contributed by atoms with Crippen molar-refractivity contribution in [2.24, 2.45) is 7.05 Å². The van der Waals surface area contributed by atoms with Crippen LogP contribution in [0.4, 0.5) is 5.69 Å². The van der Waals surface area contributed by atoms with Crippen LogP contribution in [0.3, 0.4) is 0 Å². The number of nitrogens with zero attached hydrogens (tertiary/aromatic N) is 2. The van der Waals surface area contributed by atoms with Gasteiger partial charge in [-0.05, 0) is 43.7 Å². The van der Waals surface area contributed by atoms with Crippen LogP contribution in [0.25, 0.3) is 10.8 Å². The van der Waals surface area contributed by atoms with E-state index in [1.807, 2.05) is 6.92 Å². The number of amides is 1. The summed E-state index contributed by atoms with van der Waals surface area (Å²) in [6, 6.07) is 13.0. The Bertz CT molecular complexity index is 1200. The standard InChI is InChI=1S/C23H23N3O5/c1-4-7-19(27)24-16-12-10-15(11-13-16)21(28)14(2)31-23(30)20-17-8-5-6-9-18(17)22(29)26(3)25-20/h5-6,8-14H,4,7H2,1-3H3,(H,24,27)/t14-/m1/s1. The van der Waals surface area contributed by atoms with Crippen LogP contribution in [0.1, 0.15) is 47.5 Å². The summed E-state index contributed by atoms with van der Waals surface area (Å²) < 4.78 is 6.41. The van der Waals surface area contributed by atoms with Gasteiger partial charge in [0.25, 0.3) is 5.56 Å². The lowest BCUT2D eigenvalue weighted by molar-refractivity contribution is -0.116. The number of rotatable bonds is 7. The minimum Gasteiger partial charge on any atom is -0.449 e. The number of Topliss-reactive ketones (excluding diaryl/α,β-unsaturated/α-hetero) is 1. The monoisotopic (exact) mass is 421 g/mol. The summed E-state index contributed by atoms with van der Waals surface area (Å²) in [7, 11) is 1.45. The first kappa shape index (κ1) is 21.9. The summed E-state index contributed by atoms with van der Waals surface area (Å²) in [5.41, 5.74) is 0.557. The van der Waals surface area contributed by atoms with Gasteiger partial charge < -0.3 is 10.1 Å². The number of ketones is 1. The molecule has 2 aromatic carbocycles. The number of esters is 1. The Labute approximate surface area is 178 Å². The second-order valence-electron chi connectivity index (χ2n) is 7.11. The number of benzene rings is 2. The van der Waals surface area contributed by atoms with Gasteiger partial charge in [-0.2, -0.15) is 5.10 Å². The van der Waals surface area contributed by atoms with E-state index >= 15 is 0 Å². The number of aryl methyl sites for hydroxylation is 1. The van der Waals surface area contributed by atoms with Crippen molar-refractivity contribution in [3.63, 3.8) is 0 Å². The van der Waals surface area contributed by atoms with Gasteiger partial charge in [0, 0.05) is 30.1 Å². The largest absolute Gasteiger partial charge is 0.449 e. The summed E-state index contributed by atoms with van der Waals surface area (Å²) in [5.74, 6) is -1.29. The fourth-order valence-electron chi connectivity index (χ4n) is 3.12. The van der Waals surface area contributed by atoms with Gasteiger partial charge in [0.15, 0.2) is 11.8 Å². The molecule has 3 aromatic rings. The van der Waals surface area contributed by atoms with E-state index in [-0.39, 0.29) is 17.2 Å². The molecule has 31 heavy (non-hydrogen) atoms. The number of carbonyl (C=O) groups excluding carboxylic acids is 3. The second-order valence-corrected chi connectivity index (χ2v) is 7.11. The Morgan fingerprint density at radius 2 is 1.71 bits per heavy atom. The highest BCUT2D eigenvalue weighted by Crippen LogP contribution is 2.17. The van der Waals surface area contributed by atoms with Crippen LogP contribution in [0.2, 0.25) is 0 Å². The fraction of sp³-hybridized carbons (Fsp3) is 0.261. The van der Waals surface area contributed by atoms with E-state index < -0.39 is 17.9 Å². The molecule has 1 amide bonds. The zero-order valence-corrected chi connectivity index (χ0v) is 17.5. The fourth-order valence-corrected chi connectivity index (χ4v) is 3.12. The predicted octanol–water partition coefficient (Wildman–Crippen LogP) is 3.10. The van der Waals surface area contributed by atoms with Gasteiger partial charge >= 0.3 is 5.97 Å². The van der Waals surface area contributed by atoms with Gasteiger partial charge in [0.2, 0.25) is 11.7 Å². The average Bonchev–Trinajstić information content (AvgIpc) is 2.76. The first-order valence-electron chi connectivity index (χ1n) is 9.93. The summed E-state index contributed by atoms with van der Waals surface area (Å²) in [5, 5.41) is 7.47. The smallest absolute Gasteiger partial charge is 0.360 e. The van der Waals surface area contributed by atoms with Gasteiger partial charge in [0.05, 0.1) is 5.39 Å². The summed E-state index contributed by atoms with van der Waals surface area (Å²) >= 11 is 0. The van der Waals surface area contributed by atoms with Crippen LogP contribution in [-0.2, 0) is 16.6 Å². The van der Waals surface area contributed by atoms with Crippen LogP contribution in [0, 0.1) is 0 Å². The number of hydrogen-bond acceptors (Lipinski definition) is 6. The maximum absolute atomic E-state index is 12.7. The molecular formula is C23H23N3O5. The molecule has 0 unspecified atom stereocenters. The van der Waals surface area contributed by atoms with Gasteiger partial charge in [-0.3, -0.25) is 14.4 Å². The molecule has 0 saturated carbocycles. The van der Waals surface area contributed by atoms with Crippen LogP contribution < -0.4 is 10.9 Å². The summed E-state index contributed by atoms with van der Waals surface area (Å²) in [4.78, 5) is 49.3. The van der Waals surface area contributed by atoms with E-state index in [2.05, 4.69) is 10.4 Å². The van der Waals surface area contributed by atoms with Crippen molar-refractivity contribution < 1.29 is 19.1 Å². The van der Waals surface area contributed by atoms with E-state index in [9.17, 15) is 19.2 Å². The molecule has 1 atom stereocenters. The van der Waals surface area contributed by atoms with E-state index in [4.69, 9.17) is 4.74 Å². The molecule has 8 heteroatoms. The average molecular weight is 421 g/mol. The quantitative estimate of drug-likeness (QED) is 0.464. The third-order valence-electron chi connectivity index (χ3n) is 4.73. The van der Waals surface area contributed by atoms with E-state index in [0.29, 0.717) is 28.4 Å². The molecule has 0 aliphatic carbocycles. The molecule has 1 heterocycles. The van der Waals surface area contributed by atoms with Crippen LogP contribution >= 0.6 is 0 Å². The summed E-state index contributed by atoms with van der Waals surface area (Å²) in [6.07, 6.45) is 0.0952. The maximum atomic E-state index is 12.7. The lowest BCUT2D eigenvalue weighted by atomic mass is 10.1. The number of hydrogen-bond donors (Lipinski definition) is 1. The zero-order chi connectivity index (χ0) is 22.5. The van der Waals surface area contributed by atoms with Crippen molar-refractivity contribution >= 4 is 34.1 Å².